The van der Waals surface area contributed by atoms with Gasteiger partial charge in [-0.2, -0.15) is 0 Å². The molecule has 0 bridgehead atoms. The summed E-state index contributed by atoms with van der Waals surface area (Å²) in [6, 6.07) is 0. The van der Waals surface area contributed by atoms with Gasteiger partial charge in [-0.3, -0.25) is 0 Å². The molecule has 1 unspecified atom stereocenters. The third kappa shape index (κ3) is 5.30. The average molecular weight is 134 g/mol. The standard InChI is InChI=1S/C4H10P.Sc/c1-3-4-5-2;/h3-4H2,1-2H3;/q-1;+1. The summed E-state index contributed by atoms with van der Waals surface area (Å²) >= 11 is 1.92. The zero-order chi connectivity index (χ0) is 4.99. The Morgan fingerprint density at radius 1 is 1.67 bits per heavy atom. The maximum atomic E-state index is 2.35. The molecule has 0 saturated heterocycles. The number of rotatable bonds is 2. The molecule has 0 aromatic heterocycles. The Kier molecular flexibility index (Phi) is 5.43. The van der Waals surface area contributed by atoms with E-state index in [2.05, 4.69) is 13.6 Å². The average Bonchev–Trinajstić information content (AvgIpc) is 1.35. The zero-order valence-electron chi connectivity index (χ0n) is 4.44. The van der Waals surface area contributed by atoms with E-state index in [0.29, 0.717) is 5.27 Å². The third-order valence-corrected chi connectivity index (χ3v) is 2.94. The van der Waals surface area contributed by atoms with E-state index in [1.54, 1.807) is 0 Å². The van der Waals surface area contributed by atoms with Crippen molar-refractivity contribution in [2.75, 3.05) is 12.8 Å². The van der Waals surface area contributed by atoms with E-state index in [1.165, 1.54) is 12.6 Å². The van der Waals surface area contributed by atoms with E-state index in [4.69, 9.17) is 0 Å². The van der Waals surface area contributed by atoms with Crippen LogP contribution in [-0.4, -0.2) is 12.8 Å². The fourth-order valence-corrected chi connectivity index (χ4v) is 2.27. The third-order valence-electron chi connectivity index (χ3n) is 0.576. The molecule has 0 fully saturated rings. The normalized spacial score (nSPS) is 14.2. The van der Waals surface area contributed by atoms with Crippen molar-refractivity contribution in [3.05, 3.63) is 0 Å². The maximum absolute atomic E-state index is 2.35. The predicted molar refractivity (Wildman–Crippen MR) is 28.0 cm³/mol. The summed E-state index contributed by atoms with van der Waals surface area (Å²) in [7, 11) is 0. The van der Waals surface area contributed by atoms with Crippen LogP contribution in [0.5, 0.6) is 0 Å². The molecule has 0 heterocycles. The van der Waals surface area contributed by atoms with Gasteiger partial charge >= 0.3 is 55.2 Å². The van der Waals surface area contributed by atoms with Gasteiger partial charge in [-0.25, -0.2) is 0 Å². The van der Waals surface area contributed by atoms with Gasteiger partial charge in [0.1, 0.15) is 0 Å². The van der Waals surface area contributed by atoms with Crippen molar-refractivity contribution in [1.29, 1.82) is 0 Å². The first-order valence-corrected chi connectivity index (χ1v) is 6.69. The summed E-state index contributed by atoms with van der Waals surface area (Å²) in [5.41, 5.74) is 0. The van der Waals surface area contributed by atoms with E-state index < -0.39 is 0 Å². The van der Waals surface area contributed by atoms with E-state index in [9.17, 15) is 0 Å². The number of hydrogen-bond donors (Lipinski definition) is 0. The molecule has 34 valence electrons. The first kappa shape index (κ1) is 7.30. The Hall–Kier alpha value is 1.30. The quantitative estimate of drug-likeness (QED) is 0.506. The minimum atomic E-state index is 0.462. The van der Waals surface area contributed by atoms with Gasteiger partial charge in [0.2, 0.25) is 0 Å². The van der Waals surface area contributed by atoms with Crippen molar-refractivity contribution < 1.29 is 23.8 Å². The van der Waals surface area contributed by atoms with Crippen LogP contribution in [0, 0.1) is 0 Å². The van der Waals surface area contributed by atoms with Crippen LogP contribution in [-0.2, 0) is 23.8 Å². The summed E-state index contributed by atoms with van der Waals surface area (Å²) in [5.74, 6) is 0. The van der Waals surface area contributed by atoms with Gasteiger partial charge in [-0.1, -0.05) is 0 Å². The zero-order valence-corrected chi connectivity index (χ0v) is 7.14. The summed E-state index contributed by atoms with van der Waals surface area (Å²) in [6.45, 7) is 4.59. The van der Waals surface area contributed by atoms with Crippen LogP contribution in [0.15, 0.2) is 0 Å². The van der Waals surface area contributed by atoms with Crippen molar-refractivity contribution in [2.24, 2.45) is 0 Å². The Balaban J connectivity index is 2.63. The molecule has 0 radical (unpaired) electrons. The van der Waals surface area contributed by atoms with Crippen LogP contribution in [0.1, 0.15) is 13.3 Å². The molecule has 0 spiro atoms. The molecular formula is C4H10PSc. The summed E-state index contributed by atoms with van der Waals surface area (Å²) in [6.07, 6.45) is 2.84. The molecule has 0 N–H and O–H groups in total. The molecule has 0 amide bonds. The van der Waals surface area contributed by atoms with Crippen molar-refractivity contribution >= 4 is 5.27 Å². The Morgan fingerprint density at radius 3 is 2.17 bits per heavy atom. The SMILES string of the molecule is CCC[P](C)[Sc]. The first-order valence-electron chi connectivity index (χ1n) is 2.23. The molecule has 6 heavy (non-hydrogen) atoms. The van der Waals surface area contributed by atoms with Gasteiger partial charge in [0, 0.05) is 0 Å². The van der Waals surface area contributed by atoms with Gasteiger partial charge in [0.05, 0.1) is 0 Å². The Labute approximate surface area is 55.3 Å². The molecule has 0 aliphatic carbocycles. The van der Waals surface area contributed by atoms with Gasteiger partial charge in [0.15, 0.2) is 0 Å². The molecule has 0 rings (SSSR count). The molecule has 0 saturated carbocycles. The van der Waals surface area contributed by atoms with Crippen LogP contribution in [0.3, 0.4) is 0 Å². The van der Waals surface area contributed by atoms with E-state index >= 15 is 0 Å². The van der Waals surface area contributed by atoms with Crippen molar-refractivity contribution in [3.63, 3.8) is 0 Å². The molecule has 2 heteroatoms. The molecule has 0 nitrogen and oxygen atoms in total. The molecule has 0 aliphatic heterocycles. The van der Waals surface area contributed by atoms with Gasteiger partial charge in [-0.05, 0) is 0 Å². The molecular weight excluding hydrogens is 124 g/mol. The van der Waals surface area contributed by atoms with Crippen LogP contribution in [0.25, 0.3) is 0 Å². The van der Waals surface area contributed by atoms with Crippen molar-refractivity contribution in [3.8, 4) is 0 Å². The summed E-state index contributed by atoms with van der Waals surface area (Å²) in [4.78, 5) is 0. The van der Waals surface area contributed by atoms with Gasteiger partial charge in [0.25, 0.3) is 0 Å². The molecule has 0 aliphatic rings. The fourth-order valence-electron chi connectivity index (χ4n) is 0.353. The van der Waals surface area contributed by atoms with E-state index in [1.807, 2.05) is 23.8 Å². The van der Waals surface area contributed by atoms with E-state index in [-0.39, 0.29) is 0 Å². The second-order valence-corrected chi connectivity index (χ2v) is 7.57. The van der Waals surface area contributed by atoms with Crippen LogP contribution in [0.2, 0.25) is 0 Å². The van der Waals surface area contributed by atoms with Crippen LogP contribution in [0.4, 0.5) is 0 Å². The van der Waals surface area contributed by atoms with Gasteiger partial charge in [-0.15, -0.1) is 0 Å². The molecule has 1 atom stereocenters. The minimum absolute atomic E-state index is 0.462. The number of hydrogen-bond acceptors (Lipinski definition) is 0. The summed E-state index contributed by atoms with van der Waals surface area (Å²) in [5, 5.41) is 0.462. The second-order valence-electron chi connectivity index (χ2n) is 1.48. The fraction of sp³-hybridized carbons (Fsp3) is 1.00. The first-order chi connectivity index (χ1) is 2.77. The topological polar surface area (TPSA) is 0 Å². The molecule has 0 aromatic carbocycles. The van der Waals surface area contributed by atoms with Crippen LogP contribution >= 0.6 is 5.27 Å². The van der Waals surface area contributed by atoms with Crippen molar-refractivity contribution in [1.82, 2.24) is 0 Å². The predicted octanol–water partition coefficient (Wildman–Crippen LogP) is 1.97. The Bertz CT molecular complexity index is 28.7. The van der Waals surface area contributed by atoms with E-state index in [0.717, 1.165) is 0 Å². The van der Waals surface area contributed by atoms with Crippen molar-refractivity contribution in [2.45, 2.75) is 13.3 Å². The van der Waals surface area contributed by atoms with Gasteiger partial charge < -0.3 is 0 Å². The molecule has 0 aromatic rings. The summed E-state index contributed by atoms with van der Waals surface area (Å²) < 4.78 is 0. The van der Waals surface area contributed by atoms with Crippen LogP contribution < -0.4 is 0 Å². The Morgan fingerprint density at radius 2 is 2.17 bits per heavy atom. The monoisotopic (exact) mass is 134 g/mol. The second kappa shape index (κ2) is 4.46.